The maximum atomic E-state index is 12.4. The van der Waals surface area contributed by atoms with Crippen molar-refractivity contribution in [2.75, 3.05) is 82.1 Å². The smallest absolute Gasteiger partial charge is 0.724 e. The SMILES string of the molecule is CCCC[N+](CCCC)(CCCC)CCCC.CN(C(=O)OC(C)(C)C)c1nnc([C@@H]2CC[C@@H]3CN2C(=O)N3OS(=O)(=O)[O-])o1.CN(C(=O)OC(C)(C)C)c1nnc([C@@H]2CC[C@@H]3CN2C(=O)N3OS(=O)(=O)[O-])o1.CNc1nnc([C@@H]2CC[C@@H]3CN2C(=O)N3OS(=O)(=O)O)o1.[Na+]. The fourth-order valence-corrected chi connectivity index (χ4v) is 12.3. The first kappa shape index (κ1) is 79.8. The Balaban J connectivity index is 0.000000233. The van der Waals surface area contributed by atoms with Gasteiger partial charge in [-0.3, -0.25) is 4.55 Å². The summed E-state index contributed by atoms with van der Waals surface area (Å²) in [4.78, 5) is 67.2. The second kappa shape index (κ2) is 33.6. The molecule has 532 valence electrons. The normalized spacial score (nSPS) is 21.1. The van der Waals surface area contributed by atoms with Gasteiger partial charge in [-0.2, -0.15) is 32.2 Å². The van der Waals surface area contributed by atoms with Crippen LogP contribution in [0.4, 0.5) is 42.0 Å². The van der Waals surface area contributed by atoms with E-state index in [1.54, 1.807) is 48.6 Å². The van der Waals surface area contributed by atoms with Crippen LogP contribution in [0.1, 0.15) is 195 Å². The molecule has 42 heteroatoms. The topological polar surface area (TPSA) is 455 Å². The van der Waals surface area contributed by atoms with Crippen LogP contribution in [-0.2, 0) is 53.5 Å². The zero-order valence-electron chi connectivity index (χ0n) is 56.3. The maximum Gasteiger partial charge on any atom is 1.00 e. The number of quaternary nitrogens is 1. The third kappa shape index (κ3) is 22.3. The van der Waals surface area contributed by atoms with Gasteiger partial charge in [0.05, 0.1) is 44.3 Å². The fraction of sp³-hybridized carbons (Fsp3) is 0.792. The number of hydroxylamine groups is 6. The van der Waals surface area contributed by atoms with E-state index in [0.29, 0.717) is 53.7 Å². The molecular weight excluding hydrogens is 1330 g/mol. The number of unbranched alkanes of at least 4 members (excludes halogenated alkanes) is 4. The minimum absolute atomic E-state index is 0. The van der Waals surface area contributed by atoms with Crippen molar-refractivity contribution in [1.82, 2.24) is 60.5 Å². The van der Waals surface area contributed by atoms with E-state index in [4.69, 9.17) is 27.3 Å². The number of nitrogens with one attached hydrogen (secondary N) is 1. The zero-order chi connectivity index (χ0) is 69.9. The number of ether oxygens (including phenoxy) is 2. The number of hydrogen-bond donors (Lipinski definition) is 2. The number of aromatic nitrogens is 6. The molecule has 0 aromatic carbocycles. The van der Waals surface area contributed by atoms with E-state index in [1.807, 2.05) is 0 Å². The number of urea groups is 3. The Morgan fingerprint density at radius 1 is 0.547 bits per heavy atom. The van der Waals surface area contributed by atoms with Crippen LogP contribution in [-0.4, -0.2) is 230 Å². The van der Waals surface area contributed by atoms with Gasteiger partial charge in [0.1, 0.15) is 29.3 Å². The molecule has 0 saturated carbocycles. The van der Waals surface area contributed by atoms with E-state index in [9.17, 15) is 58.3 Å². The number of anilines is 3. The van der Waals surface area contributed by atoms with Crippen LogP contribution in [0, 0.1) is 0 Å². The minimum Gasteiger partial charge on any atom is -0.724 e. The third-order valence-electron chi connectivity index (χ3n) is 15.7. The quantitative estimate of drug-likeness (QED) is 0.0562. The number of carbonyl (C=O) groups excluding carboxylic acids is 5. The molecule has 3 aromatic heterocycles. The number of fused-ring (bicyclic) bond motifs is 6. The Hall–Kier alpha value is -5.86. The second-order valence-electron chi connectivity index (χ2n) is 25.3. The number of hydrogen-bond acceptors (Lipinski definition) is 28. The van der Waals surface area contributed by atoms with Crippen molar-refractivity contribution >= 4 is 79.5 Å². The van der Waals surface area contributed by atoms with E-state index in [2.05, 4.69) is 76.5 Å². The summed E-state index contributed by atoms with van der Waals surface area (Å²) in [6.45, 7) is 25.8. The van der Waals surface area contributed by atoms with Gasteiger partial charge in [-0.15, -0.1) is 19.6 Å². The molecule has 6 atom stereocenters. The van der Waals surface area contributed by atoms with Gasteiger partial charge < -0.3 is 56.3 Å². The van der Waals surface area contributed by atoms with Crippen LogP contribution in [0.15, 0.2) is 13.3 Å². The van der Waals surface area contributed by atoms with Gasteiger partial charge in [-0.1, -0.05) is 68.7 Å². The summed E-state index contributed by atoms with van der Waals surface area (Å²) in [5.41, 5.74) is -1.42. The van der Waals surface area contributed by atoms with Gasteiger partial charge in [-0.25, -0.2) is 50.6 Å². The van der Waals surface area contributed by atoms with Crippen LogP contribution in [0.3, 0.4) is 0 Å². The fourth-order valence-electron chi connectivity index (χ4n) is 11.2. The van der Waals surface area contributed by atoms with Crippen LogP contribution >= 0.6 is 0 Å². The predicted molar refractivity (Wildman–Crippen MR) is 324 cm³/mol. The van der Waals surface area contributed by atoms with E-state index >= 15 is 0 Å². The van der Waals surface area contributed by atoms with Crippen LogP contribution in [0.2, 0.25) is 0 Å². The Morgan fingerprint density at radius 2 is 0.853 bits per heavy atom. The number of amides is 8. The molecule has 6 saturated heterocycles. The Morgan fingerprint density at radius 3 is 1.13 bits per heavy atom. The van der Waals surface area contributed by atoms with Gasteiger partial charge in [0.25, 0.3) is 0 Å². The molecule has 0 aliphatic carbocycles. The number of piperidine rings is 3. The first-order chi connectivity index (χ1) is 43.8. The van der Waals surface area contributed by atoms with Crippen LogP contribution in [0.5, 0.6) is 0 Å². The predicted octanol–water partition coefficient (Wildman–Crippen LogP) is 3.34. The summed E-state index contributed by atoms with van der Waals surface area (Å²) in [6, 6.07) is -5.55. The van der Waals surface area contributed by atoms with Crippen molar-refractivity contribution in [2.24, 2.45) is 0 Å². The Kier molecular flexibility index (Phi) is 28.2. The average Bonchev–Trinajstić information content (AvgIpc) is 1.63. The summed E-state index contributed by atoms with van der Waals surface area (Å²) in [6.07, 6.45) is 12.2. The van der Waals surface area contributed by atoms with Gasteiger partial charge in [-0.05, 0) is 106 Å². The Labute approximate surface area is 575 Å². The van der Waals surface area contributed by atoms with Gasteiger partial charge in [0, 0.05) is 40.8 Å². The molecule has 0 spiro atoms. The molecule has 38 nitrogen and oxygen atoms in total. The second-order valence-corrected chi connectivity index (χ2v) is 28.2. The van der Waals surface area contributed by atoms with Gasteiger partial charge in [0.2, 0.25) is 38.5 Å². The average molecular weight is 1420 g/mol. The van der Waals surface area contributed by atoms with E-state index in [1.165, 1.54) is 111 Å². The minimum atomic E-state index is -5.07. The first-order valence-electron chi connectivity index (χ1n) is 31.1. The number of carbonyl (C=O) groups is 5. The Bertz CT molecular complexity index is 3220. The maximum absolute atomic E-state index is 12.4. The molecule has 9 rings (SSSR count). The van der Waals surface area contributed by atoms with Crippen molar-refractivity contribution in [3.8, 4) is 0 Å². The summed E-state index contributed by atoms with van der Waals surface area (Å²) in [5.74, 6) is 0.410. The molecule has 6 aliphatic rings. The zero-order valence-corrected chi connectivity index (χ0v) is 60.7. The van der Waals surface area contributed by atoms with Crippen LogP contribution < -0.4 is 44.7 Å². The van der Waals surface area contributed by atoms with Crippen molar-refractivity contribution in [1.29, 1.82) is 0 Å². The van der Waals surface area contributed by atoms with E-state index < -0.39 is 109 Å². The van der Waals surface area contributed by atoms with Crippen molar-refractivity contribution < 1.29 is 133 Å². The monoisotopic (exact) mass is 1420 g/mol. The molecule has 6 aliphatic heterocycles. The third-order valence-corrected chi connectivity index (χ3v) is 16.7. The summed E-state index contributed by atoms with van der Waals surface area (Å²) in [7, 11) is -10.5. The standard InChI is InChI=1S/C16H36N.2C14H21N5O8S.C9H13N5O6S.Na/c1-5-9-13-17(14-10-6-2,15-11-7-3)16-12-8-4;2*1-14(2,3)26-13(21)17(4)11-16-15-10(25-11)9-6-5-8-7-18(9)12(20)19(8)27-28(22,23)24;1-10-8-12-11-7(19-8)6-3-2-5-4-13(6)9(15)14(5)20-21(16,17)18;/h5-16H2,1-4H3;2*8-9H,5-7H2,1-4H3,(H,22,23,24);5-6H,2-4H2,1H3,(H,10,12)(H,16,17,18);/q+1;;;;+1/p-2/t;2*8-,9+;5-,6+;/m.111./s1. The summed E-state index contributed by atoms with van der Waals surface area (Å²) in [5, 5.41) is 27.5. The largest absolute Gasteiger partial charge is 1.00 e. The molecular formula is C53H89N16NaO22S3. The molecule has 6 bridgehead atoms. The van der Waals surface area contributed by atoms with E-state index in [-0.39, 0.29) is 84.9 Å². The molecule has 95 heavy (non-hydrogen) atoms. The van der Waals surface area contributed by atoms with Crippen molar-refractivity contribution in [2.45, 2.75) is 207 Å². The van der Waals surface area contributed by atoms with Crippen LogP contribution in [0.25, 0.3) is 0 Å². The van der Waals surface area contributed by atoms with Crippen molar-refractivity contribution in [3.63, 3.8) is 0 Å². The summed E-state index contributed by atoms with van der Waals surface area (Å²) < 4.78 is 136. The molecule has 8 amide bonds. The molecule has 0 unspecified atom stereocenters. The van der Waals surface area contributed by atoms with Gasteiger partial charge >= 0.3 is 88.3 Å². The molecule has 6 fully saturated rings. The molecule has 3 aromatic rings. The summed E-state index contributed by atoms with van der Waals surface area (Å²) >= 11 is 0. The number of rotatable bonds is 24. The van der Waals surface area contributed by atoms with Gasteiger partial charge in [0.15, 0.2) is 0 Å². The molecule has 0 radical (unpaired) electrons. The van der Waals surface area contributed by atoms with Crippen molar-refractivity contribution in [3.05, 3.63) is 17.7 Å². The molecule has 2 N–H and O–H groups in total. The van der Waals surface area contributed by atoms with E-state index in [0.717, 1.165) is 9.80 Å². The molecule has 9 heterocycles. The number of nitrogens with zero attached hydrogens (tertiary/aromatic N) is 15. The first-order valence-corrected chi connectivity index (χ1v) is 35.1.